The van der Waals surface area contributed by atoms with Gasteiger partial charge in [-0.05, 0) is 36.0 Å². The second kappa shape index (κ2) is 10.0. The van der Waals surface area contributed by atoms with E-state index in [0.717, 1.165) is 42.6 Å². The molecule has 0 amide bonds. The van der Waals surface area contributed by atoms with Crippen LogP contribution in [0.5, 0.6) is 0 Å². The summed E-state index contributed by atoms with van der Waals surface area (Å²) in [5.74, 6) is 0.742. The second-order valence-electron chi connectivity index (χ2n) is 8.80. The van der Waals surface area contributed by atoms with E-state index in [1.807, 2.05) is 36.4 Å². The number of hydrogen-bond acceptors (Lipinski definition) is 5. The van der Waals surface area contributed by atoms with Gasteiger partial charge in [-0.25, -0.2) is 4.79 Å². The topological polar surface area (TPSA) is 50.8 Å². The van der Waals surface area contributed by atoms with E-state index in [2.05, 4.69) is 52.7 Å². The van der Waals surface area contributed by atoms with Crippen molar-refractivity contribution >= 4 is 17.4 Å². The van der Waals surface area contributed by atoms with Crippen molar-refractivity contribution in [1.82, 2.24) is 5.32 Å². The summed E-state index contributed by atoms with van der Waals surface area (Å²) in [4.78, 5) is 15.0. The van der Waals surface area contributed by atoms with Crippen molar-refractivity contribution in [3.05, 3.63) is 107 Å². The van der Waals surface area contributed by atoms with Crippen molar-refractivity contribution in [2.45, 2.75) is 31.9 Å². The van der Waals surface area contributed by atoms with E-state index in [9.17, 15) is 4.79 Å². The van der Waals surface area contributed by atoms with Crippen molar-refractivity contribution in [2.24, 2.45) is 0 Å². The molecule has 2 aliphatic heterocycles. The maximum Gasteiger partial charge on any atom is 0.358 e. The molecule has 34 heavy (non-hydrogen) atoms. The van der Waals surface area contributed by atoms with E-state index in [-0.39, 0.29) is 0 Å². The van der Waals surface area contributed by atoms with Gasteiger partial charge in [0, 0.05) is 36.4 Å². The van der Waals surface area contributed by atoms with Crippen molar-refractivity contribution in [2.75, 3.05) is 25.1 Å². The Morgan fingerprint density at radius 2 is 1.65 bits per heavy atom. The van der Waals surface area contributed by atoms with Gasteiger partial charge >= 0.3 is 5.97 Å². The zero-order chi connectivity index (χ0) is 23.3. The average molecular weight is 455 g/mol. The maximum absolute atomic E-state index is 12.5. The van der Waals surface area contributed by atoms with Crippen LogP contribution in [0.25, 0.3) is 5.76 Å². The van der Waals surface area contributed by atoms with Gasteiger partial charge in [-0.15, -0.1) is 0 Å². The highest BCUT2D eigenvalue weighted by atomic mass is 16.5. The third kappa shape index (κ3) is 4.51. The van der Waals surface area contributed by atoms with Crippen molar-refractivity contribution in [3.8, 4) is 0 Å². The Morgan fingerprint density at radius 3 is 2.35 bits per heavy atom. The van der Waals surface area contributed by atoms with Crippen LogP contribution >= 0.6 is 0 Å². The van der Waals surface area contributed by atoms with E-state index >= 15 is 0 Å². The summed E-state index contributed by atoms with van der Waals surface area (Å²) in [6.07, 6.45) is 2.25. The molecule has 1 fully saturated rings. The zero-order valence-corrected chi connectivity index (χ0v) is 19.5. The van der Waals surface area contributed by atoms with Gasteiger partial charge < -0.3 is 19.7 Å². The number of anilines is 1. The van der Waals surface area contributed by atoms with Gasteiger partial charge in [0.15, 0.2) is 11.5 Å². The van der Waals surface area contributed by atoms with Crippen LogP contribution in [0, 0.1) is 0 Å². The molecular formula is C29H30N2O3. The number of piperidine rings is 1. The highest BCUT2D eigenvalue weighted by Gasteiger charge is 2.29. The lowest BCUT2D eigenvalue weighted by molar-refractivity contribution is -0.136. The van der Waals surface area contributed by atoms with Gasteiger partial charge in [0.1, 0.15) is 6.61 Å². The molecule has 1 saturated heterocycles. The molecule has 0 radical (unpaired) electrons. The molecule has 0 saturated carbocycles. The Bertz CT molecular complexity index is 1170. The largest absolute Gasteiger partial charge is 0.486 e. The zero-order valence-electron chi connectivity index (χ0n) is 19.5. The standard InChI is InChI=1S/C29H30N2O3/c1-33-29(32)27-28(34-20-21-9-4-2-5-10-21)24-13-8-14-26(25(24)19-30-27)31-17-15-23(16-18-31)22-11-6-3-7-12-22/h2-14,23,30H,15-20H2,1H3. The second-order valence-corrected chi connectivity index (χ2v) is 8.80. The molecule has 5 nitrogen and oxygen atoms in total. The van der Waals surface area contributed by atoms with Gasteiger partial charge in [-0.1, -0.05) is 72.8 Å². The van der Waals surface area contributed by atoms with Crippen LogP contribution in [-0.4, -0.2) is 26.2 Å². The summed E-state index contributed by atoms with van der Waals surface area (Å²) < 4.78 is 11.3. The summed E-state index contributed by atoms with van der Waals surface area (Å²) in [5, 5.41) is 3.28. The van der Waals surface area contributed by atoms with Crippen molar-refractivity contribution < 1.29 is 14.3 Å². The van der Waals surface area contributed by atoms with E-state index in [1.54, 1.807) is 0 Å². The number of hydrogen-bond donors (Lipinski definition) is 1. The van der Waals surface area contributed by atoms with Crippen LogP contribution in [-0.2, 0) is 27.4 Å². The molecule has 0 unspecified atom stereocenters. The number of ether oxygens (including phenoxy) is 2. The molecule has 3 aromatic rings. The Hall–Kier alpha value is -3.73. The molecule has 1 N–H and O–H groups in total. The molecule has 2 heterocycles. The third-order valence-electron chi connectivity index (χ3n) is 6.79. The summed E-state index contributed by atoms with van der Waals surface area (Å²) in [6, 6.07) is 27.1. The van der Waals surface area contributed by atoms with E-state index in [0.29, 0.717) is 30.5 Å². The normalized spacial score (nSPS) is 16.0. The predicted molar refractivity (Wildman–Crippen MR) is 134 cm³/mol. The van der Waals surface area contributed by atoms with Crippen LogP contribution < -0.4 is 10.2 Å². The minimum absolute atomic E-state index is 0.379. The van der Waals surface area contributed by atoms with Gasteiger partial charge in [0.05, 0.1) is 7.11 Å². The lowest BCUT2D eigenvalue weighted by Crippen LogP contribution is -2.35. The molecule has 0 aliphatic carbocycles. The molecule has 174 valence electrons. The molecule has 2 aliphatic rings. The maximum atomic E-state index is 12.5. The highest BCUT2D eigenvalue weighted by Crippen LogP contribution is 2.37. The quantitative estimate of drug-likeness (QED) is 0.517. The molecule has 0 atom stereocenters. The lowest BCUT2D eigenvalue weighted by Gasteiger charge is -2.36. The number of nitrogens with one attached hydrogen (secondary N) is 1. The smallest absolute Gasteiger partial charge is 0.358 e. The van der Waals surface area contributed by atoms with Gasteiger partial charge in [-0.2, -0.15) is 0 Å². The summed E-state index contributed by atoms with van der Waals surface area (Å²) in [5.41, 5.74) is 6.19. The number of methoxy groups -OCH3 is 1. The molecule has 0 spiro atoms. The summed E-state index contributed by atoms with van der Waals surface area (Å²) in [7, 11) is 1.40. The van der Waals surface area contributed by atoms with Crippen LogP contribution in [0.1, 0.15) is 41.0 Å². The Labute approximate surface area is 201 Å². The van der Waals surface area contributed by atoms with E-state index in [1.165, 1.54) is 18.4 Å². The van der Waals surface area contributed by atoms with Gasteiger partial charge in [0.25, 0.3) is 0 Å². The molecule has 0 aromatic heterocycles. The first kappa shape index (κ1) is 22.1. The molecule has 5 heteroatoms. The number of rotatable bonds is 6. The Morgan fingerprint density at radius 1 is 0.941 bits per heavy atom. The van der Waals surface area contributed by atoms with Crippen LogP contribution in [0.2, 0.25) is 0 Å². The molecule has 0 bridgehead atoms. The van der Waals surface area contributed by atoms with Gasteiger partial charge in [0.2, 0.25) is 0 Å². The van der Waals surface area contributed by atoms with Gasteiger partial charge in [-0.3, -0.25) is 0 Å². The lowest BCUT2D eigenvalue weighted by atomic mass is 9.88. The van der Waals surface area contributed by atoms with Crippen molar-refractivity contribution in [3.63, 3.8) is 0 Å². The number of carbonyl (C=O) groups is 1. The first-order chi connectivity index (χ1) is 16.7. The van der Waals surface area contributed by atoms with E-state index in [4.69, 9.17) is 9.47 Å². The minimum atomic E-state index is -0.414. The fraction of sp³-hybridized carbons (Fsp3) is 0.276. The van der Waals surface area contributed by atoms with Crippen LogP contribution in [0.15, 0.2) is 84.6 Å². The SMILES string of the molecule is COC(=O)C1=C(OCc2ccccc2)c2cccc(N3CCC(c4ccccc4)CC3)c2CN1. The minimum Gasteiger partial charge on any atom is -0.486 e. The Balaban J connectivity index is 1.40. The number of nitrogens with zero attached hydrogens (tertiary/aromatic N) is 1. The van der Waals surface area contributed by atoms with Crippen LogP contribution in [0.4, 0.5) is 5.69 Å². The summed E-state index contributed by atoms with van der Waals surface area (Å²) >= 11 is 0. The highest BCUT2D eigenvalue weighted by molar-refractivity contribution is 5.97. The monoisotopic (exact) mass is 454 g/mol. The van der Waals surface area contributed by atoms with Crippen LogP contribution in [0.3, 0.4) is 0 Å². The summed E-state index contributed by atoms with van der Waals surface area (Å²) in [6.45, 7) is 2.95. The Kier molecular flexibility index (Phi) is 6.52. The third-order valence-corrected chi connectivity index (χ3v) is 6.79. The fourth-order valence-corrected chi connectivity index (χ4v) is 4.99. The van der Waals surface area contributed by atoms with Crippen molar-refractivity contribution in [1.29, 1.82) is 0 Å². The predicted octanol–water partition coefficient (Wildman–Crippen LogP) is 5.23. The van der Waals surface area contributed by atoms with E-state index < -0.39 is 5.97 Å². The molecule has 5 rings (SSSR count). The number of carbonyl (C=O) groups excluding carboxylic acids is 1. The first-order valence-corrected chi connectivity index (χ1v) is 11.9. The molecular weight excluding hydrogens is 424 g/mol. The number of esters is 1. The fourth-order valence-electron chi connectivity index (χ4n) is 4.99. The number of fused-ring (bicyclic) bond motifs is 1. The first-order valence-electron chi connectivity index (χ1n) is 11.9. The average Bonchev–Trinajstić information content (AvgIpc) is 2.92. The number of benzene rings is 3. The molecule has 3 aromatic carbocycles.